The lowest BCUT2D eigenvalue weighted by atomic mass is 9.80. The smallest absolute Gasteiger partial charge is 0.166 e. The molecule has 1 saturated heterocycles. The predicted octanol–water partition coefficient (Wildman–Crippen LogP) is 3.03. The zero-order chi connectivity index (χ0) is 22.8. The number of nitrogens with two attached hydrogens (primary N) is 1. The number of fused-ring (bicyclic) bond motifs is 2. The topological polar surface area (TPSA) is 134 Å². The van der Waals surface area contributed by atoms with Crippen molar-refractivity contribution in [1.82, 2.24) is 19.9 Å². The van der Waals surface area contributed by atoms with E-state index in [-0.39, 0.29) is 17.7 Å². The number of H-pyrrole nitrogens is 1. The lowest BCUT2D eigenvalue weighted by Gasteiger charge is -2.28. The molecule has 5 rings (SSSR count). The molecule has 0 radical (unpaired) electrons. The first-order valence-corrected chi connectivity index (χ1v) is 11.3. The van der Waals surface area contributed by atoms with E-state index in [1.54, 1.807) is 18.7 Å². The summed E-state index contributed by atoms with van der Waals surface area (Å²) in [4.78, 5) is 31.5. The van der Waals surface area contributed by atoms with E-state index in [0.29, 0.717) is 30.7 Å². The molecule has 170 valence electrons. The van der Waals surface area contributed by atoms with Crippen molar-refractivity contribution >= 4 is 28.5 Å². The number of nitrogens with zero attached hydrogens (tertiary/aromatic N) is 4. The normalized spacial score (nSPS) is 20.5. The van der Waals surface area contributed by atoms with Crippen LogP contribution in [0.5, 0.6) is 5.75 Å². The Bertz CT molecular complexity index is 1220. The summed E-state index contributed by atoms with van der Waals surface area (Å²) in [6.45, 7) is 1.40. The molecule has 9 nitrogen and oxygen atoms in total. The minimum absolute atomic E-state index is 0.0845. The average molecular weight is 446 g/mol. The maximum atomic E-state index is 13.1. The van der Waals surface area contributed by atoms with Crippen LogP contribution in [0.2, 0.25) is 0 Å². The molecule has 9 heteroatoms. The van der Waals surface area contributed by atoms with Crippen LogP contribution in [0.25, 0.3) is 11.2 Å². The molecule has 1 aromatic carbocycles. The molecule has 0 saturated carbocycles. The second-order valence-corrected chi connectivity index (χ2v) is 8.57. The zero-order valence-corrected chi connectivity index (χ0v) is 18.3. The SMILES string of the molecule is N=C(/C=C\N)CC1CCc2c(OC[C@H]3CCCN3c3ncnc4[nH]cnc34)cccc2C1=O. The molecule has 0 spiro atoms. The van der Waals surface area contributed by atoms with E-state index in [9.17, 15) is 4.79 Å². The monoisotopic (exact) mass is 445 g/mol. The number of ether oxygens (including phenoxy) is 1. The molecule has 0 bridgehead atoms. The zero-order valence-electron chi connectivity index (χ0n) is 18.3. The highest BCUT2D eigenvalue weighted by Gasteiger charge is 2.31. The van der Waals surface area contributed by atoms with Crippen LogP contribution in [0.15, 0.2) is 43.1 Å². The molecule has 1 unspecified atom stereocenters. The summed E-state index contributed by atoms with van der Waals surface area (Å²) in [6.07, 6.45) is 10.0. The van der Waals surface area contributed by atoms with Crippen LogP contribution in [0.1, 0.15) is 41.6 Å². The fourth-order valence-corrected chi connectivity index (χ4v) is 4.94. The van der Waals surface area contributed by atoms with Crippen molar-refractivity contribution < 1.29 is 9.53 Å². The lowest BCUT2D eigenvalue weighted by molar-refractivity contribution is 0.0904. The summed E-state index contributed by atoms with van der Waals surface area (Å²) in [7, 11) is 0. The number of rotatable bonds is 7. The van der Waals surface area contributed by atoms with Crippen molar-refractivity contribution in [3.05, 3.63) is 54.3 Å². The van der Waals surface area contributed by atoms with Gasteiger partial charge in [-0.05, 0) is 50.4 Å². The standard InChI is InChI=1S/C24H27N7O2/c25-9-8-16(26)11-15-6-7-18-19(22(15)32)4-1-5-20(18)33-12-17-3-2-10-31(17)24-21-23(28-13-27-21)29-14-30-24/h1,4-5,8-9,13-15,17,26H,2-3,6-7,10-12,25H2,(H,27,28,29,30)/b9-8-,26-16?/t15?,17-/m1/s1. The molecule has 3 aromatic rings. The number of hydrogen-bond acceptors (Lipinski definition) is 8. The summed E-state index contributed by atoms with van der Waals surface area (Å²) < 4.78 is 6.30. The Morgan fingerprint density at radius 2 is 2.21 bits per heavy atom. The van der Waals surface area contributed by atoms with E-state index >= 15 is 0 Å². The number of ketones is 1. The predicted molar refractivity (Wildman–Crippen MR) is 126 cm³/mol. The summed E-state index contributed by atoms with van der Waals surface area (Å²) in [5, 5.41) is 7.97. The molecular weight excluding hydrogens is 418 g/mol. The second-order valence-electron chi connectivity index (χ2n) is 8.57. The first-order chi connectivity index (χ1) is 16.2. The molecule has 4 N–H and O–H groups in total. The first-order valence-electron chi connectivity index (χ1n) is 11.3. The number of allylic oxidation sites excluding steroid dienone is 1. The third kappa shape index (κ3) is 4.06. The molecule has 2 atom stereocenters. The maximum Gasteiger partial charge on any atom is 0.166 e. The van der Waals surface area contributed by atoms with E-state index in [0.717, 1.165) is 54.1 Å². The second kappa shape index (κ2) is 9.01. The van der Waals surface area contributed by atoms with Crippen molar-refractivity contribution in [3.63, 3.8) is 0 Å². The number of Topliss-reactive ketones (excluding diaryl/α,β-unsaturated/α-hetero) is 1. The summed E-state index contributed by atoms with van der Waals surface area (Å²) in [6, 6.07) is 5.87. The molecule has 2 aliphatic rings. The van der Waals surface area contributed by atoms with Gasteiger partial charge in [0, 0.05) is 29.3 Å². The van der Waals surface area contributed by atoms with Crippen molar-refractivity contribution in [2.24, 2.45) is 11.7 Å². The van der Waals surface area contributed by atoms with E-state index in [4.69, 9.17) is 15.9 Å². The number of carbonyl (C=O) groups excluding carboxylic acids is 1. The Morgan fingerprint density at radius 3 is 3.09 bits per heavy atom. The summed E-state index contributed by atoms with van der Waals surface area (Å²) >= 11 is 0. The van der Waals surface area contributed by atoms with E-state index < -0.39 is 0 Å². The van der Waals surface area contributed by atoms with Crippen LogP contribution in [0.3, 0.4) is 0 Å². The number of imidazole rings is 1. The number of hydrogen-bond donors (Lipinski definition) is 3. The van der Waals surface area contributed by atoms with Gasteiger partial charge in [-0.15, -0.1) is 0 Å². The molecule has 3 heterocycles. The van der Waals surface area contributed by atoms with Gasteiger partial charge >= 0.3 is 0 Å². The van der Waals surface area contributed by atoms with Gasteiger partial charge in [-0.25, -0.2) is 15.0 Å². The highest BCUT2D eigenvalue weighted by atomic mass is 16.5. The summed E-state index contributed by atoms with van der Waals surface area (Å²) in [5.74, 6) is 1.50. The fraction of sp³-hybridized carbons (Fsp3) is 0.375. The van der Waals surface area contributed by atoms with Gasteiger partial charge in [0.1, 0.15) is 24.2 Å². The third-order valence-corrected chi connectivity index (χ3v) is 6.55. The number of carbonyl (C=O) groups is 1. The van der Waals surface area contributed by atoms with Gasteiger partial charge in [-0.2, -0.15) is 0 Å². The van der Waals surface area contributed by atoms with Crippen LogP contribution in [-0.4, -0.2) is 50.6 Å². The Labute approximate surface area is 191 Å². The first kappa shape index (κ1) is 21.1. The van der Waals surface area contributed by atoms with Crippen molar-refractivity contribution in [2.45, 2.75) is 38.1 Å². The van der Waals surface area contributed by atoms with Crippen LogP contribution in [-0.2, 0) is 6.42 Å². The van der Waals surface area contributed by atoms with Gasteiger partial charge in [0.2, 0.25) is 0 Å². The Balaban J connectivity index is 1.31. The van der Waals surface area contributed by atoms with Gasteiger partial charge in [0.25, 0.3) is 0 Å². The average Bonchev–Trinajstić information content (AvgIpc) is 3.49. The molecule has 1 fully saturated rings. The number of nitrogens with one attached hydrogen (secondary N) is 2. The van der Waals surface area contributed by atoms with Gasteiger partial charge in [-0.1, -0.05) is 12.1 Å². The number of aromatic nitrogens is 4. The minimum Gasteiger partial charge on any atom is -0.491 e. The van der Waals surface area contributed by atoms with Crippen molar-refractivity contribution in [2.75, 3.05) is 18.1 Å². The van der Waals surface area contributed by atoms with Crippen LogP contribution in [0.4, 0.5) is 5.82 Å². The molecular formula is C24H27N7O2. The van der Waals surface area contributed by atoms with E-state index in [2.05, 4.69) is 24.8 Å². The van der Waals surface area contributed by atoms with Crippen LogP contribution in [0, 0.1) is 11.3 Å². The number of anilines is 1. The largest absolute Gasteiger partial charge is 0.491 e. The molecule has 2 aromatic heterocycles. The quantitative estimate of drug-likeness (QED) is 0.476. The number of benzene rings is 1. The Morgan fingerprint density at radius 1 is 1.30 bits per heavy atom. The Hall–Kier alpha value is -3.75. The highest BCUT2D eigenvalue weighted by Crippen LogP contribution is 2.35. The van der Waals surface area contributed by atoms with Gasteiger partial charge < -0.3 is 25.8 Å². The third-order valence-electron chi connectivity index (χ3n) is 6.55. The molecule has 33 heavy (non-hydrogen) atoms. The fourth-order valence-electron chi connectivity index (χ4n) is 4.94. The van der Waals surface area contributed by atoms with Crippen molar-refractivity contribution in [1.29, 1.82) is 5.41 Å². The lowest BCUT2D eigenvalue weighted by Crippen LogP contribution is -2.35. The molecule has 0 amide bonds. The summed E-state index contributed by atoms with van der Waals surface area (Å²) in [5.41, 5.74) is 8.95. The van der Waals surface area contributed by atoms with Gasteiger partial charge in [0.15, 0.2) is 17.2 Å². The Kier molecular flexibility index (Phi) is 5.77. The van der Waals surface area contributed by atoms with Gasteiger partial charge in [0.05, 0.1) is 12.4 Å². The van der Waals surface area contributed by atoms with Crippen molar-refractivity contribution in [3.8, 4) is 5.75 Å². The number of aromatic amines is 1. The van der Waals surface area contributed by atoms with E-state index in [1.807, 2.05) is 18.2 Å². The van der Waals surface area contributed by atoms with Gasteiger partial charge in [-0.3, -0.25) is 4.79 Å². The molecule has 1 aliphatic carbocycles. The maximum absolute atomic E-state index is 13.1. The van der Waals surface area contributed by atoms with E-state index in [1.165, 1.54) is 6.20 Å². The minimum atomic E-state index is -0.184. The van der Waals surface area contributed by atoms with Crippen LogP contribution >= 0.6 is 0 Å². The van der Waals surface area contributed by atoms with Crippen LogP contribution < -0.4 is 15.4 Å². The molecule has 1 aliphatic heterocycles. The highest BCUT2D eigenvalue weighted by molar-refractivity contribution is 6.04.